The first-order valence-electron chi connectivity index (χ1n) is 3.82. The first kappa shape index (κ1) is 12.7. The molecule has 0 amide bonds. The van der Waals surface area contributed by atoms with Crippen molar-refractivity contribution in [1.82, 2.24) is 0 Å². The van der Waals surface area contributed by atoms with Gasteiger partial charge in [-0.2, -0.15) is 0 Å². The predicted molar refractivity (Wildman–Crippen MR) is 45.8 cm³/mol. The van der Waals surface area contributed by atoms with Crippen molar-refractivity contribution in [3.63, 3.8) is 0 Å². The molecule has 0 saturated heterocycles. The molecule has 0 rings (SSSR count). The number of rotatable bonds is 4. The van der Waals surface area contributed by atoms with Crippen LogP contribution in [0, 0.1) is 0 Å². The summed E-state index contributed by atoms with van der Waals surface area (Å²) in [6.45, 7) is 6.95. The van der Waals surface area contributed by atoms with Gasteiger partial charge >= 0.3 is 8.69 Å². The van der Waals surface area contributed by atoms with Crippen LogP contribution in [0.25, 0.3) is 0 Å². The van der Waals surface area contributed by atoms with Crippen LogP contribution in [-0.4, -0.2) is 6.61 Å². The van der Waals surface area contributed by atoms with E-state index in [1.807, 2.05) is 0 Å². The fraction of sp³-hybridized carbons (Fsp3) is 1.00. The molecule has 0 aliphatic rings. The largest absolute Gasteiger partial charge is 0.494 e. The van der Waals surface area contributed by atoms with Crippen molar-refractivity contribution in [2.24, 2.45) is 0 Å². The molecule has 0 bridgehead atoms. The van der Waals surface area contributed by atoms with Crippen LogP contribution in [0.2, 0.25) is 0 Å². The molecule has 0 radical (unpaired) electrons. The average Bonchev–Trinajstić information content (AvgIpc) is 1.91. The highest BCUT2D eigenvalue weighted by Crippen LogP contribution is 1.96. The fourth-order valence-corrected chi connectivity index (χ4v) is 0.486. The fourth-order valence-electron chi connectivity index (χ4n) is 0.258. The second-order valence-electron chi connectivity index (χ2n) is 1.99. The predicted octanol–water partition coefficient (Wildman–Crippen LogP) is 3.16. The molecule has 0 saturated carbocycles. The van der Waals surface area contributed by atoms with Gasteiger partial charge in [0.2, 0.25) is 0 Å². The highest BCUT2D eigenvalue weighted by Gasteiger charge is 1.87. The van der Waals surface area contributed by atoms with Crippen LogP contribution in [0.3, 0.4) is 0 Å². The van der Waals surface area contributed by atoms with Crippen molar-refractivity contribution in [2.75, 3.05) is 6.61 Å². The molecule has 62 valence electrons. The van der Waals surface area contributed by atoms with Crippen molar-refractivity contribution < 1.29 is 9.09 Å². The Balaban J connectivity index is 0. The van der Waals surface area contributed by atoms with Crippen molar-refractivity contribution in [1.29, 1.82) is 0 Å². The Morgan fingerprint density at radius 1 is 1.30 bits per heavy atom. The first-order chi connectivity index (χ1) is 4.83. The van der Waals surface area contributed by atoms with Gasteiger partial charge in [0, 0.05) is 0 Å². The maximum absolute atomic E-state index is 9.61. The minimum atomic E-state index is -0.582. The third kappa shape index (κ3) is 24.4. The molecule has 0 aromatic heterocycles. The van der Waals surface area contributed by atoms with Crippen LogP contribution >= 0.6 is 8.69 Å². The summed E-state index contributed by atoms with van der Waals surface area (Å²) in [5.74, 6) is 0. The molecule has 0 aliphatic heterocycles. The Bertz CT molecular complexity index is 57.6. The zero-order chi connectivity index (χ0) is 8.24. The summed E-state index contributed by atoms with van der Waals surface area (Å²) < 4.78 is 14.2. The van der Waals surface area contributed by atoms with Gasteiger partial charge in [-0.05, 0) is 11.0 Å². The molecule has 10 heavy (non-hydrogen) atoms. The van der Waals surface area contributed by atoms with Gasteiger partial charge in [0.05, 0.1) is 0 Å². The Kier molecular flexibility index (Phi) is 20.4. The molecule has 1 atom stereocenters. The molecule has 1 unspecified atom stereocenters. The molecule has 0 spiro atoms. The van der Waals surface area contributed by atoms with Crippen LogP contribution < -0.4 is 0 Å². The summed E-state index contributed by atoms with van der Waals surface area (Å²) in [4.78, 5) is 0. The van der Waals surface area contributed by atoms with Gasteiger partial charge in [-0.25, -0.2) is 0 Å². The van der Waals surface area contributed by atoms with Crippen molar-refractivity contribution in [2.45, 2.75) is 40.0 Å². The topological polar surface area (TPSA) is 26.3 Å². The first-order valence-corrected chi connectivity index (χ1v) is 4.63. The van der Waals surface area contributed by atoms with Crippen molar-refractivity contribution >= 4 is 8.69 Å². The second kappa shape index (κ2) is 16.0. The zero-order valence-electron chi connectivity index (χ0n) is 7.14. The van der Waals surface area contributed by atoms with Gasteiger partial charge in [-0.15, -0.1) is 4.52 Å². The van der Waals surface area contributed by atoms with E-state index in [0.717, 1.165) is 12.8 Å². The lowest BCUT2D eigenvalue weighted by Gasteiger charge is -1.81. The van der Waals surface area contributed by atoms with E-state index in [9.17, 15) is 4.57 Å². The molecule has 0 aromatic rings. The molecule has 0 fully saturated rings. The van der Waals surface area contributed by atoms with E-state index in [2.05, 4.69) is 25.3 Å². The molecule has 0 heterocycles. The van der Waals surface area contributed by atoms with Crippen molar-refractivity contribution in [3.8, 4) is 0 Å². The lowest BCUT2D eigenvalue weighted by molar-refractivity contribution is 0.334. The molecule has 0 N–H and O–H groups in total. The smallest absolute Gasteiger partial charge is 0.148 e. The maximum atomic E-state index is 9.61. The SMILES string of the molecule is CCC.CCCCO[PH+]=O. The summed E-state index contributed by atoms with van der Waals surface area (Å²) in [6.07, 6.45) is 3.36. The van der Waals surface area contributed by atoms with E-state index < -0.39 is 8.69 Å². The van der Waals surface area contributed by atoms with Gasteiger partial charge in [0.1, 0.15) is 6.61 Å². The zero-order valence-corrected chi connectivity index (χ0v) is 8.14. The lowest BCUT2D eigenvalue weighted by atomic mass is 10.4. The monoisotopic (exact) mass is 165 g/mol. The summed E-state index contributed by atoms with van der Waals surface area (Å²) >= 11 is 0. The third-order valence-corrected chi connectivity index (χ3v) is 0.981. The third-order valence-electron chi connectivity index (χ3n) is 0.659. The summed E-state index contributed by atoms with van der Waals surface area (Å²) in [5.41, 5.74) is 0. The number of hydrogen-bond donors (Lipinski definition) is 0. The molecule has 3 heteroatoms. The molecule has 0 aliphatic carbocycles. The minimum absolute atomic E-state index is 0.582. The quantitative estimate of drug-likeness (QED) is 0.472. The Morgan fingerprint density at radius 3 is 2.10 bits per heavy atom. The average molecular weight is 165 g/mol. The van der Waals surface area contributed by atoms with E-state index in [1.165, 1.54) is 6.42 Å². The number of unbranched alkanes of at least 4 members (excludes halogenated alkanes) is 1. The Labute approximate surface area is 65.3 Å². The summed E-state index contributed by atoms with van der Waals surface area (Å²) in [6, 6.07) is 0. The van der Waals surface area contributed by atoms with Gasteiger partial charge in [-0.3, -0.25) is 0 Å². The van der Waals surface area contributed by atoms with Crippen molar-refractivity contribution in [3.05, 3.63) is 0 Å². The standard InChI is InChI=1S/C4H10O2P.C3H8/c1-2-3-4-6-7-5;1-3-2/h7H,2-4H2,1H3;3H2,1-2H3/q+1;. The summed E-state index contributed by atoms with van der Waals surface area (Å²) in [7, 11) is -0.582. The highest BCUT2D eigenvalue weighted by atomic mass is 31.1. The number of hydrogen-bond acceptors (Lipinski definition) is 2. The molecular formula is C7H18O2P+. The van der Waals surface area contributed by atoms with E-state index >= 15 is 0 Å². The molecule has 2 nitrogen and oxygen atoms in total. The molecular weight excluding hydrogens is 147 g/mol. The molecule has 0 aromatic carbocycles. The van der Waals surface area contributed by atoms with Crippen LogP contribution in [0.1, 0.15) is 40.0 Å². The van der Waals surface area contributed by atoms with Gasteiger partial charge < -0.3 is 0 Å². The second-order valence-corrected chi connectivity index (χ2v) is 2.45. The Morgan fingerprint density at radius 2 is 1.80 bits per heavy atom. The van der Waals surface area contributed by atoms with E-state index in [4.69, 9.17) is 0 Å². The van der Waals surface area contributed by atoms with Crippen LogP contribution in [0.15, 0.2) is 0 Å². The van der Waals surface area contributed by atoms with Crippen LogP contribution in [0.5, 0.6) is 0 Å². The van der Waals surface area contributed by atoms with Crippen LogP contribution in [-0.2, 0) is 9.09 Å². The highest BCUT2D eigenvalue weighted by molar-refractivity contribution is 7.17. The van der Waals surface area contributed by atoms with E-state index in [1.54, 1.807) is 0 Å². The van der Waals surface area contributed by atoms with E-state index in [0.29, 0.717) is 6.61 Å². The van der Waals surface area contributed by atoms with Gasteiger partial charge in [0.15, 0.2) is 0 Å². The van der Waals surface area contributed by atoms with E-state index in [-0.39, 0.29) is 0 Å². The lowest BCUT2D eigenvalue weighted by Crippen LogP contribution is -1.79. The van der Waals surface area contributed by atoms with Gasteiger partial charge in [-0.1, -0.05) is 33.6 Å². The Hall–Kier alpha value is 0.0600. The van der Waals surface area contributed by atoms with Gasteiger partial charge in [0.25, 0.3) is 0 Å². The van der Waals surface area contributed by atoms with Crippen LogP contribution in [0.4, 0.5) is 0 Å². The summed E-state index contributed by atoms with van der Waals surface area (Å²) in [5, 5.41) is 0. The minimum Gasteiger partial charge on any atom is -0.148 e. The normalized spacial score (nSPS) is 8.70. The maximum Gasteiger partial charge on any atom is 0.494 e.